The fourth-order valence-electron chi connectivity index (χ4n) is 1.08. The Morgan fingerprint density at radius 3 is 2.73 bits per heavy atom. The lowest BCUT2D eigenvalue weighted by Gasteiger charge is -2.10. The van der Waals surface area contributed by atoms with Crippen molar-refractivity contribution in [1.82, 2.24) is 0 Å². The molecular weight excluding hydrogens is 214 g/mol. The van der Waals surface area contributed by atoms with Crippen molar-refractivity contribution in [1.29, 1.82) is 0 Å². The van der Waals surface area contributed by atoms with E-state index in [0.717, 1.165) is 5.56 Å². The molecule has 15 heavy (non-hydrogen) atoms. The highest BCUT2D eigenvalue weighted by Gasteiger charge is 2.05. The molecule has 0 radical (unpaired) electrons. The van der Waals surface area contributed by atoms with Crippen LogP contribution in [0.4, 0.5) is 0 Å². The molecule has 82 valence electrons. The number of hydrogen-bond acceptors (Lipinski definition) is 4. The van der Waals surface area contributed by atoms with Crippen LogP contribution in [0.15, 0.2) is 18.2 Å². The molecular formula is C10H13NO3S. The molecule has 0 aliphatic carbocycles. The van der Waals surface area contributed by atoms with E-state index in [2.05, 4.69) is 0 Å². The van der Waals surface area contributed by atoms with Crippen LogP contribution >= 0.6 is 12.2 Å². The van der Waals surface area contributed by atoms with Gasteiger partial charge >= 0.3 is 0 Å². The third kappa shape index (κ3) is 3.38. The molecule has 0 amide bonds. The van der Waals surface area contributed by atoms with Gasteiger partial charge in [0.05, 0.1) is 13.7 Å². The van der Waals surface area contributed by atoms with Crippen molar-refractivity contribution in [2.75, 3.05) is 13.7 Å². The normalized spacial score (nSPS) is 9.73. The Hall–Kier alpha value is -1.33. The Bertz CT molecular complexity index is 355. The third-order valence-corrected chi connectivity index (χ3v) is 1.90. The third-order valence-electron chi connectivity index (χ3n) is 1.78. The summed E-state index contributed by atoms with van der Waals surface area (Å²) in [5.41, 5.74) is 6.07. The fourth-order valence-corrected chi connectivity index (χ4v) is 1.14. The molecule has 0 fully saturated rings. The molecule has 0 atom stereocenters. The van der Waals surface area contributed by atoms with Crippen LogP contribution in [0.5, 0.6) is 11.5 Å². The quantitative estimate of drug-likeness (QED) is 0.730. The molecule has 0 saturated carbocycles. The van der Waals surface area contributed by atoms with Gasteiger partial charge in [-0.1, -0.05) is 18.3 Å². The topological polar surface area (TPSA) is 64.7 Å². The molecule has 1 rings (SSSR count). The van der Waals surface area contributed by atoms with Crippen molar-refractivity contribution in [3.63, 3.8) is 0 Å². The fraction of sp³-hybridized carbons (Fsp3) is 0.300. The minimum atomic E-state index is -0.0358. The smallest absolute Gasteiger partial charge is 0.161 e. The molecule has 0 bridgehead atoms. The Morgan fingerprint density at radius 2 is 2.20 bits per heavy atom. The number of ether oxygens (including phenoxy) is 2. The molecule has 1 aromatic rings. The van der Waals surface area contributed by atoms with Crippen LogP contribution in [0.3, 0.4) is 0 Å². The van der Waals surface area contributed by atoms with E-state index in [4.69, 9.17) is 32.5 Å². The van der Waals surface area contributed by atoms with Gasteiger partial charge in [-0.2, -0.15) is 0 Å². The van der Waals surface area contributed by atoms with Crippen molar-refractivity contribution in [2.24, 2.45) is 5.73 Å². The highest BCUT2D eigenvalue weighted by atomic mass is 32.1. The van der Waals surface area contributed by atoms with Crippen LogP contribution in [0.1, 0.15) is 5.56 Å². The minimum Gasteiger partial charge on any atom is -0.493 e. The van der Waals surface area contributed by atoms with Gasteiger partial charge in [0.1, 0.15) is 11.6 Å². The zero-order valence-electron chi connectivity index (χ0n) is 8.40. The van der Waals surface area contributed by atoms with Crippen molar-refractivity contribution in [3.8, 4) is 11.5 Å². The van der Waals surface area contributed by atoms with Gasteiger partial charge in [-0.15, -0.1) is 0 Å². The van der Waals surface area contributed by atoms with Crippen molar-refractivity contribution in [3.05, 3.63) is 23.8 Å². The second kappa shape index (κ2) is 5.53. The highest BCUT2D eigenvalue weighted by Crippen LogP contribution is 2.27. The number of methoxy groups -OCH3 is 1. The Balaban J connectivity index is 2.82. The zero-order chi connectivity index (χ0) is 11.3. The lowest BCUT2D eigenvalue weighted by molar-refractivity contribution is 0.280. The van der Waals surface area contributed by atoms with E-state index in [1.165, 1.54) is 7.11 Å². The predicted octanol–water partition coefficient (Wildman–Crippen LogP) is 0.852. The van der Waals surface area contributed by atoms with Crippen LogP contribution in [0.25, 0.3) is 0 Å². The summed E-state index contributed by atoms with van der Waals surface area (Å²) in [6.45, 7) is 0.135. The molecule has 4 nitrogen and oxygen atoms in total. The van der Waals surface area contributed by atoms with E-state index in [1.54, 1.807) is 18.2 Å². The van der Waals surface area contributed by atoms with Gasteiger partial charge in [0.2, 0.25) is 0 Å². The number of nitrogens with two attached hydrogens (primary N) is 1. The molecule has 0 aromatic heterocycles. The molecule has 0 spiro atoms. The summed E-state index contributed by atoms with van der Waals surface area (Å²) in [5, 5.41) is 8.93. The van der Waals surface area contributed by atoms with E-state index >= 15 is 0 Å². The Labute approximate surface area is 93.6 Å². The first kappa shape index (κ1) is 11.7. The number of hydrogen-bond donors (Lipinski definition) is 2. The lowest BCUT2D eigenvalue weighted by atomic mass is 10.2. The van der Waals surface area contributed by atoms with Crippen LogP contribution < -0.4 is 15.2 Å². The van der Waals surface area contributed by atoms with Crippen LogP contribution in [-0.4, -0.2) is 23.8 Å². The largest absolute Gasteiger partial charge is 0.493 e. The van der Waals surface area contributed by atoms with E-state index < -0.39 is 0 Å². The standard InChI is InChI=1S/C10H13NO3S/c1-13-9-4-7(5-12)2-3-8(9)14-6-10(11)15/h2-4,12H,5-6H2,1H3,(H2,11,15). The van der Waals surface area contributed by atoms with Crippen molar-refractivity contribution in [2.45, 2.75) is 6.61 Å². The van der Waals surface area contributed by atoms with Crippen LogP contribution in [-0.2, 0) is 6.61 Å². The first-order chi connectivity index (χ1) is 7.17. The van der Waals surface area contributed by atoms with Gasteiger partial charge in [0.25, 0.3) is 0 Å². The molecule has 0 aliphatic heterocycles. The van der Waals surface area contributed by atoms with E-state index in [9.17, 15) is 0 Å². The Morgan fingerprint density at radius 1 is 1.47 bits per heavy atom. The highest BCUT2D eigenvalue weighted by molar-refractivity contribution is 7.80. The molecule has 1 aromatic carbocycles. The van der Waals surface area contributed by atoms with Gasteiger partial charge in [-0.05, 0) is 17.7 Å². The summed E-state index contributed by atoms with van der Waals surface area (Å²) in [6.07, 6.45) is 0. The molecule has 0 unspecified atom stereocenters. The summed E-state index contributed by atoms with van der Waals surface area (Å²) in [4.78, 5) is 0.281. The number of thiocarbonyl (C=S) groups is 1. The summed E-state index contributed by atoms with van der Waals surface area (Å²) in [5.74, 6) is 1.11. The molecule has 0 heterocycles. The number of aliphatic hydroxyl groups is 1. The molecule has 0 aliphatic rings. The first-order valence-electron chi connectivity index (χ1n) is 4.36. The summed E-state index contributed by atoms with van der Waals surface area (Å²) >= 11 is 4.69. The lowest BCUT2D eigenvalue weighted by Crippen LogP contribution is -2.18. The monoisotopic (exact) mass is 227 g/mol. The van der Waals surface area contributed by atoms with Gasteiger partial charge in [-0.3, -0.25) is 0 Å². The maximum atomic E-state index is 8.93. The predicted molar refractivity (Wildman–Crippen MR) is 61.2 cm³/mol. The average molecular weight is 227 g/mol. The van der Waals surface area contributed by atoms with Crippen molar-refractivity contribution >= 4 is 17.2 Å². The van der Waals surface area contributed by atoms with Gasteiger partial charge in [-0.25, -0.2) is 0 Å². The summed E-state index contributed by atoms with van der Waals surface area (Å²) in [7, 11) is 1.53. The molecule has 5 heteroatoms. The van der Waals surface area contributed by atoms with E-state index in [-0.39, 0.29) is 18.2 Å². The SMILES string of the molecule is COc1cc(CO)ccc1OCC(N)=S. The van der Waals surface area contributed by atoms with Gasteiger partial charge in [0, 0.05) is 0 Å². The maximum Gasteiger partial charge on any atom is 0.161 e. The number of rotatable bonds is 5. The Kier molecular flexibility index (Phi) is 4.33. The minimum absolute atomic E-state index is 0.0358. The van der Waals surface area contributed by atoms with Gasteiger partial charge < -0.3 is 20.3 Å². The molecule has 0 saturated heterocycles. The summed E-state index contributed by atoms with van der Waals surface area (Å²) < 4.78 is 10.4. The summed E-state index contributed by atoms with van der Waals surface area (Å²) in [6, 6.07) is 5.16. The van der Waals surface area contributed by atoms with Crippen LogP contribution in [0.2, 0.25) is 0 Å². The number of benzene rings is 1. The molecule has 3 N–H and O–H groups in total. The van der Waals surface area contributed by atoms with E-state index in [0.29, 0.717) is 11.5 Å². The number of aliphatic hydroxyl groups excluding tert-OH is 1. The second-order valence-corrected chi connectivity index (χ2v) is 3.42. The first-order valence-corrected chi connectivity index (χ1v) is 4.77. The maximum absolute atomic E-state index is 8.93. The average Bonchev–Trinajstić information content (AvgIpc) is 2.25. The van der Waals surface area contributed by atoms with Crippen molar-refractivity contribution < 1.29 is 14.6 Å². The van der Waals surface area contributed by atoms with Crippen LogP contribution in [0, 0.1) is 0 Å². The van der Waals surface area contributed by atoms with E-state index in [1.807, 2.05) is 0 Å². The van der Waals surface area contributed by atoms with Gasteiger partial charge in [0.15, 0.2) is 11.5 Å². The second-order valence-electron chi connectivity index (χ2n) is 2.90. The zero-order valence-corrected chi connectivity index (χ0v) is 9.21.